The number of ether oxygens (including phenoxy) is 2. The van der Waals surface area contributed by atoms with Crippen molar-refractivity contribution < 1.29 is 24.2 Å². The minimum absolute atomic E-state index is 0.236. The summed E-state index contributed by atoms with van der Waals surface area (Å²) in [5.41, 5.74) is 1.01. The molecule has 0 amide bonds. The molecule has 0 aromatic heterocycles. The molecule has 0 saturated carbocycles. The lowest BCUT2D eigenvalue weighted by molar-refractivity contribution is -0.151. The smallest absolute Gasteiger partial charge is 0.309 e. The maximum absolute atomic E-state index is 12.1. The van der Waals surface area contributed by atoms with E-state index < -0.39 is 17.8 Å². The third kappa shape index (κ3) is 2.19. The average Bonchev–Trinajstić information content (AvgIpc) is 2.81. The van der Waals surface area contributed by atoms with Crippen LogP contribution in [0.2, 0.25) is 0 Å². The molecule has 3 rings (SSSR count). The zero-order valence-electron chi connectivity index (χ0n) is 13.3. The summed E-state index contributed by atoms with van der Waals surface area (Å²) in [5, 5.41) is 10.7. The minimum Gasteiger partial charge on any atom is -0.462 e. The van der Waals surface area contributed by atoms with Crippen molar-refractivity contribution in [2.45, 2.75) is 51.9 Å². The fraction of sp³-hybridized carbons (Fsp3) is 0.647. The molecule has 3 aliphatic rings. The second-order valence-electron chi connectivity index (χ2n) is 6.89. The highest BCUT2D eigenvalue weighted by Gasteiger charge is 2.57. The molecule has 1 fully saturated rings. The molecule has 0 bridgehead atoms. The monoisotopic (exact) mass is 306 g/mol. The lowest BCUT2D eigenvalue weighted by Gasteiger charge is -2.34. The number of fused-ring (bicyclic) bond motifs is 3. The van der Waals surface area contributed by atoms with E-state index in [4.69, 9.17) is 9.47 Å². The molecule has 120 valence electrons. The van der Waals surface area contributed by atoms with Gasteiger partial charge >= 0.3 is 11.9 Å². The van der Waals surface area contributed by atoms with Crippen LogP contribution in [-0.2, 0) is 19.1 Å². The number of hydrogen-bond donors (Lipinski definition) is 1. The summed E-state index contributed by atoms with van der Waals surface area (Å²) in [7, 11) is 0. The second-order valence-corrected chi connectivity index (χ2v) is 6.89. The molecule has 0 radical (unpaired) electrons. The molecule has 1 N–H and O–H groups in total. The Morgan fingerprint density at radius 1 is 1.50 bits per heavy atom. The van der Waals surface area contributed by atoms with Crippen molar-refractivity contribution in [1.29, 1.82) is 0 Å². The van der Waals surface area contributed by atoms with Gasteiger partial charge in [-0.05, 0) is 19.4 Å². The van der Waals surface area contributed by atoms with E-state index >= 15 is 0 Å². The number of aliphatic hydroxyl groups is 1. The standard InChI is InChI=1S/C17H22O5/c1-8-7-12(21-10(3)18)13-9(2)16(19)22-15(13)14-11(8)5-6-17(14,4)20/h5-6,9,12-15,20H,7H2,1-4H3/t9-,12-,13?,14-,15-,17+/m0/s1. The van der Waals surface area contributed by atoms with Crippen LogP contribution in [0.25, 0.3) is 0 Å². The Kier molecular flexibility index (Phi) is 3.44. The van der Waals surface area contributed by atoms with Crippen molar-refractivity contribution >= 4 is 11.9 Å². The molecule has 0 aromatic carbocycles. The molecule has 1 heterocycles. The van der Waals surface area contributed by atoms with Crippen LogP contribution >= 0.6 is 0 Å². The molecule has 2 aliphatic carbocycles. The molecular weight excluding hydrogens is 284 g/mol. The van der Waals surface area contributed by atoms with Gasteiger partial charge in [0.2, 0.25) is 0 Å². The van der Waals surface area contributed by atoms with Crippen LogP contribution in [0.5, 0.6) is 0 Å². The van der Waals surface area contributed by atoms with E-state index in [0.717, 1.165) is 11.1 Å². The number of carbonyl (C=O) groups is 2. The van der Waals surface area contributed by atoms with Crippen molar-refractivity contribution in [3.05, 3.63) is 23.3 Å². The SMILES string of the molecule is CC(=O)O[C@H]1CC(C)=C2C=C[C@@](C)(O)[C@@H]2[C@H]2OC(=O)[C@@H](C)C12. The quantitative estimate of drug-likeness (QED) is 0.747. The fourth-order valence-corrected chi connectivity index (χ4v) is 4.17. The second kappa shape index (κ2) is 4.95. The first-order chi connectivity index (χ1) is 10.2. The van der Waals surface area contributed by atoms with Crippen molar-refractivity contribution in [1.82, 2.24) is 0 Å². The number of carbonyl (C=O) groups excluding carboxylic acids is 2. The molecule has 0 spiro atoms. The molecule has 6 atom stereocenters. The first-order valence-corrected chi connectivity index (χ1v) is 7.71. The van der Waals surface area contributed by atoms with E-state index in [-0.39, 0.29) is 29.7 Å². The third-order valence-corrected chi connectivity index (χ3v) is 5.22. The maximum Gasteiger partial charge on any atom is 0.309 e. The van der Waals surface area contributed by atoms with Gasteiger partial charge in [-0.2, -0.15) is 0 Å². The number of hydrogen-bond acceptors (Lipinski definition) is 5. The Morgan fingerprint density at radius 3 is 2.82 bits per heavy atom. The maximum atomic E-state index is 12.1. The summed E-state index contributed by atoms with van der Waals surface area (Å²) in [6, 6.07) is 0. The van der Waals surface area contributed by atoms with E-state index in [1.54, 1.807) is 19.9 Å². The largest absolute Gasteiger partial charge is 0.462 e. The van der Waals surface area contributed by atoms with E-state index in [1.807, 2.05) is 13.0 Å². The van der Waals surface area contributed by atoms with E-state index in [1.165, 1.54) is 6.92 Å². The van der Waals surface area contributed by atoms with Gasteiger partial charge < -0.3 is 14.6 Å². The molecule has 5 nitrogen and oxygen atoms in total. The van der Waals surface area contributed by atoms with Gasteiger partial charge in [0.1, 0.15) is 12.2 Å². The number of rotatable bonds is 1. The topological polar surface area (TPSA) is 72.8 Å². The lowest BCUT2D eigenvalue weighted by atomic mass is 9.76. The van der Waals surface area contributed by atoms with Crippen molar-refractivity contribution in [3.8, 4) is 0 Å². The summed E-state index contributed by atoms with van der Waals surface area (Å²) in [6.07, 6.45) is 3.37. The van der Waals surface area contributed by atoms with Crippen molar-refractivity contribution in [2.75, 3.05) is 0 Å². The Hall–Kier alpha value is -1.62. The Morgan fingerprint density at radius 2 is 2.18 bits per heavy atom. The van der Waals surface area contributed by atoms with Crippen LogP contribution in [0.15, 0.2) is 23.3 Å². The van der Waals surface area contributed by atoms with Gasteiger partial charge in [-0.3, -0.25) is 9.59 Å². The van der Waals surface area contributed by atoms with Crippen LogP contribution in [0.3, 0.4) is 0 Å². The van der Waals surface area contributed by atoms with Crippen molar-refractivity contribution in [2.24, 2.45) is 17.8 Å². The molecule has 1 unspecified atom stereocenters. The van der Waals surface area contributed by atoms with Crippen LogP contribution < -0.4 is 0 Å². The minimum atomic E-state index is -1.06. The molecule has 5 heteroatoms. The number of allylic oxidation sites excluding steroid dienone is 1. The van der Waals surface area contributed by atoms with Crippen LogP contribution in [-0.4, -0.2) is 34.9 Å². The molecular formula is C17H22O5. The fourth-order valence-electron chi connectivity index (χ4n) is 4.17. The Balaban J connectivity index is 2.07. The van der Waals surface area contributed by atoms with Gasteiger partial charge in [-0.1, -0.05) is 24.6 Å². The van der Waals surface area contributed by atoms with Gasteiger partial charge in [0.15, 0.2) is 0 Å². The van der Waals surface area contributed by atoms with Gasteiger partial charge in [0.25, 0.3) is 0 Å². The summed E-state index contributed by atoms with van der Waals surface area (Å²) in [6.45, 7) is 6.90. The highest BCUT2D eigenvalue weighted by molar-refractivity contribution is 5.75. The van der Waals surface area contributed by atoms with Gasteiger partial charge in [-0.25, -0.2) is 0 Å². The van der Waals surface area contributed by atoms with Crippen LogP contribution in [0, 0.1) is 17.8 Å². The van der Waals surface area contributed by atoms with Crippen molar-refractivity contribution in [3.63, 3.8) is 0 Å². The van der Waals surface area contributed by atoms with Crippen LogP contribution in [0.4, 0.5) is 0 Å². The van der Waals surface area contributed by atoms with Gasteiger partial charge in [-0.15, -0.1) is 0 Å². The first-order valence-electron chi connectivity index (χ1n) is 7.71. The summed E-state index contributed by atoms with van der Waals surface area (Å²) < 4.78 is 11.1. The predicted octanol–water partition coefficient (Wildman–Crippen LogP) is 1.75. The zero-order chi connectivity index (χ0) is 16.2. The Bertz CT molecular complexity index is 586. The summed E-state index contributed by atoms with van der Waals surface area (Å²) >= 11 is 0. The predicted molar refractivity (Wildman–Crippen MR) is 78.7 cm³/mol. The summed E-state index contributed by atoms with van der Waals surface area (Å²) in [5.74, 6) is -1.53. The zero-order valence-corrected chi connectivity index (χ0v) is 13.3. The summed E-state index contributed by atoms with van der Waals surface area (Å²) in [4.78, 5) is 23.5. The van der Waals surface area contributed by atoms with E-state index in [2.05, 4.69) is 0 Å². The highest BCUT2D eigenvalue weighted by Crippen LogP contribution is 2.50. The molecule has 1 saturated heterocycles. The third-order valence-electron chi connectivity index (χ3n) is 5.22. The number of esters is 2. The Labute approximate surface area is 130 Å². The average molecular weight is 306 g/mol. The molecule has 22 heavy (non-hydrogen) atoms. The van der Waals surface area contributed by atoms with E-state index in [9.17, 15) is 14.7 Å². The molecule has 1 aliphatic heterocycles. The van der Waals surface area contributed by atoms with Crippen LogP contribution in [0.1, 0.15) is 34.1 Å². The van der Waals surface area contributed by atoms with Gasteiger partial charge in [0.05, 0.1) is 17.4 Å². The normalized spacial score (nSPS) is 43.5. The molecule has 0 aromatic rings. The van der Waals surface area contributed by atoms with E-state index in [0.29, 0.717) is 6.42 Å². The lowest BCUT2D eigenvalue weighted by Crippen LogP contribution is -2.44. The highest BCUT2D eigenvalue weighted by atomic mass is 16.6. The van der Waals surface area contributed by atoms with Gasteiger partial charge in [0, 0.05) is 19.3 Å². The first kappa shape index (κ1) is 15.3.